The standard InChI is InChI=1S/C14H18N2S/c1-16-10-15-9-13(16)11-5-3-2-4-6-14-12(11)7-8-17-14/h7-11H,2-6H2,1H3. The number of aromatic nitrogens is 2. The van der Waals surface area contributed by atoms with Crippen LogP contribution in [0, 0.1) is 0 Å². The third-order valence-electron chi connectivity index (χ3n) is 3.76. The minimum atomic E-state index is 0.559. The lowest BCUT2D eigenvalue weighted by Crippen LogP contribution is -2.09. The first kappa shape index (κ1) is 11.0. The summed E-state index contributed by atoms with van der Waals surface area (Å²) >= 11 is 1.93. The molecule has 0 bridgehead atoms. The predicted molar refractivity (Wildman–Crippen MR) is 71.5 cm³/mol. The fourth-order valence-electron chi connectivity index (χ4n) is 2.84. The van der Waals surface area contributed by atoms with Crippen molar-refractivity contribution in [3.63, 3.8) is 0 Å². The highest BCUT2D eigenvalue weighted by Gasteiger charge is 2.22. The average molecular weight is 246 g/mol. The lowest BCUT2D eigenvalue weighted by molar-refractivity contribution is 0.564. The number of fused-ring (bicyclic) bond motifs is 1. The van der Waals surface area contributed by atoms with Crippen LogP contribution in [0.5, 0.6) is 0 Å². The van der Waals surface area contributed by atoms with Gasteiger partial charge in [0.05, 0.1) is 6.33 Å². The molecule has 2 aromatic heterocycles. The Morgan fingerprint density at radius 2 is 2.29 bits per heavy atom. The summed E-state index contributed by atoms with van der Waals surface area (Å²) in [7, 11) is 2.10. The highest BCUT2D eigenvalue weighted by atomic mass is 32.1. The van der Waals surface area contributed by atoms with Crippen LogP contribution in [-0.2, 0) is 13.5 Å². The summed E-state index contributed by atoms with van der Waals surface area (Å²) in [4.78, 5) is 5.87. The zero-order chi connectivity index (χ0) is 11.7. The van der Waals surface area contributed by atoms with Gasteiger partial charge in [-0.25, -0.2) is 4.98 Å². The third-order valence-corrected chi connectivity index (χ3v) is 4.76. The minimum absolute atomic E-state index is 0.559. The van der Waals surface area contributed by atoms with Crippen molar-refractivity contribution in [1.29, 1.82) is 0 Å². The molecule has 2 heterocycles. The highest BCUT2D eigenvalue weighted by Crippen LogP contribution is 2.36. The Balaban J connectivity index is 2.03. The van der Waals surface area contributed by atoms with Crippen LogP contribution >= 0.6 is 11.3 Å². The zero-order valence-corrected chi connectivity index (χ0v) is 11.0. The number of aryl methyl sites for hydroxylation is 2. The molecule has 1 aliphatic carbocycles. The fraction of sp³-hybridized carbons (Fsp3) is 0.500. The molecule has 0 N–H and O–H groups in total. The predicted octanol–water partition coefficient (Wildman–Crippen LogP) is 3.73. The van der Waals surface area contributed by atoms with Crippen molar-refractivity contribution in [1.82, 2.24) is 9.55 Å². The summed E-state index contributed by atoms with van der Waals surface area (Å²) in [6.45, 7) is 0. The maximum Gasteiger partial charge on any atom is 0.0945 e. The second-order valence-corrected chi connectivity index (χ2v) is 5.88. The molecule has 0 aromatic carbocycles. The first-order chi connectivity index (χ1) is 8.36. The molecule has 3 rings (SSSR count). The van der Waals surface area contributed by atoms with Gasteiger partial charge in [-0.2, -0.15) is 0 Å². The third kappa shape index (κ3) is 2.04. The van der Waals surface area contributed by atoms with Gasteiger partial charge in [-0.05, 0) is 36.3 Å². The van der Waals surface area contributed by atoms with E-state index in [1.807, 2.05) is 23.9 Å². The number of imidazole rings is 1. The second-order valence-electron chi connectivity index (χ2n) is 4.88. The van der Waals surface area contributed by atoms with Crippen LogP contribution in [0.3, 0.4) is 0 Å². The number of nitrogens with zero attached hydrogens (tertiary/aromatic N) is 2. The van der Waals surface area contributed by atoms with Crippen molar-refractivity contribution in [2.75, 3.05) is 0 Å². The van der Waals surface area contributed by atoms with Gasteiger partial charge in [0.25, 0.3) is 0 Å². The van der Waals surface area contributed by atoms with Gasteiger partial charge in [0.1, 0.15) is 0 Å². The molecule has 1 unspecified atom stereocenters. The van der Waals surface area contributed by atoms with Gasteiger partial charge in [-0.1, -0.05) is 12.8 Å². The Morgan fingerprint density at radius 1 is 1.35 bits per heavy atom. The molecule has 17 heavy (non-hydrogen) atoms. The van der Waals surface area contributed by atoms with E-state index in [0.717, 1.165) is 0 Å². The largest absolute Gasteiger partial charge is 0.337 e. The normalized spacial score (nSPS) is 20.6. The topological polar surface area (TPSA) is 17.8 Å². The van der Waals surface area contributed by atoms with E-state index in [2.05, 4.69) is 28.0 Å². The molecule has 0 amide bonds. The maximum absolute atomic E-state index is 4.27. The molecule has 0 fully saturated rings. The van der Waals surface area contributed by atoms with E-state index in [-0.39, 0.29) is 0 Å². The van der Waals surface area contributed by atoms with Crippen LogP contribution in [0.2, 0.25) is 0 Å². The van der Waals surface area contributed by atoms with E-state index in [0.29, 0.717) is 5.92 Å². The molecule has 0 radical (unpaired) electrons. The first-order valence-electron chi connectivity index (χ1n) is 6.39. The molecule has 0 spiro atoms. The van der Waals surface area contributed by atoms with Crippen molar-refractivity contribution in [3.05, 3.63) is 40.1 Å². The monoisotopic (exact) mass is 246 g/mol. The summed E-state index contributed by atoms with van der Waals surface area (Å²) in [5, 5.41) is 2.25. The molecular formula is C14H18N2S. The van der Waals surface area contributed by atoms with Crippen LogP contribution in [-0.4, -0.2) is 9.55 Å². The smallest absolute Gasteiger partial charge is 0.0945 e. The molecule has 0 saturated heterocycles. The van der Waals surface area contributed by atoms with Crippen LogP contribution in [0.25, 0.3) is 0 Å². The van der Waals surface area contributed by atoms with Crippen molar-refractivity contribution in [2.24, 2.45) is 7.05 Å². The Hall–Kier alpha value is -1.09. The van der Waals surface area contributed by atoms with Crippen molar-refractivity contribution < 1.29 is 0 Å². The minimum Gasteiger partial charge on any atom is -0.337 e. The van der Waals surface area contributed by atoms with E-state index in [1.165, 1.54) is 37.8 Å². The molecule has 1 atom stereocenters. The van der Waals surface area contributed by atoms with Crippen LogP contribution in [0.1, 0.15) is 47.7 Å². The van der Waals surface area contributed by atoms with Crippen molar-refractivity contribution in [3.8, 4) is 0 Å². The van der Waals surface area contributed by atoms with Crippen LogP contribution < -0.4 is 0 Å². The van der Waals surface area contributed by atoms with Gasteiger partial charge in [0.15, 0.2) is 0 Å². The zero-order valence-electron chi connectivity index (χ0n) is 10.2. The molecule has 2 nitrogen and oxygen atoms in total. The van der Waals surface area contributed by atoms with E-state index in [4.69, 9.17) is 0 Å². The summed E-state index contributed by atoms with van der Waals surface area (Å²) in [5.74, 6) is 0.559. The fourth-order valence-corrected chi connectivity index (χ4v) is 3.83. The van der Waals surface area contributed by atoms with Crippen molar-refractivity contribution in [2.45, 2.75) is 38.0 Å². The summed E-state index contributed by atoms with van der Waals surface area (Å²) in [5.41, 5.74) is 2.92. The van der Waals surface area contributed by atoms with Gasteiger partial charge in [-0.3, -0.25) is 0 Å². The highest BCUT2D eigenvalue weighted by molar-refractivity contribution is 7.10. The number of rotatable bonds is 1. The van der Waals surface area contributed by atoms with Gasteiger partial charge in [-0.15, -0.1) is 11.3 Å². The summed E-state index contributed by atoms with van der Waals surface area (Å²) in [6.07, 6.45) is 10.5. The molecule has 1 aliphatic rings. The molecule has 90 valence electrons. The summed E-state index contributed by atoms with van der Waals surface area (Å²) in [6, 6.07) is 2.32. The van der Waals surface area contributed by atoms with Crippen molar-refractivity contribution >= 4 is 11.3 Å². The van der Waals surface area contributed by atoms with Crippen LogP contribution in [0.15, 0.2) is 24.0 Å². The molecule has 0 aliphatic heterocycles. The Bertz CT molecular complexity index is 498. The SMILES string of the molecule is Cn1cncc1C1CCCCCc2sccc21. The quantitative estimate of drug-likeness (QED) is 0.749. The lowest BCUT2D eigenvalue weighted by atomic mass is 9.87. The van der Waals surface area contributed by atoms with E-state index >= 15 is 0 Å². The van der Waals surface area contributed by atoms with Gasteiger partial charge in [0, 0.05) is 29.7 Å². The number of thiophene rings is 1. The molecule has 3 heteroatoms. The van der Waals surface area contributed by atoms with E-state index < -0.39 is 0 Å². The Kier molecular flexibility index (Phi) is 3.02. The first-order valence-corrected chi connectivity index (χ1v) is 7.26. The molecule has 2 aromatic rings. The number of hydrogen-bond acceptors (Lipinski definition) is 2. The Morgan fingerprint density at radius 3 is 3.12 bits per heavy atom. The van der Waals surface area contributed by atoms with E-state index in [9.17, 15) is 0 Å². The van der Waals surface area contributed by atoms with Gasteiger partial charge in [0.2, 0.25) is 0 Å². The van der Waals surface area contributed by atoms with Crippen LogP contribution in [0.4, 0.5) is 0 Å². The van der Waals surface area contributed by atoms with Gasteiger partial charge >= 0.3 is 0 Å². The molecular weight excluding hydrogens is 228 g/mol. The molecule has 0 saturated carbocycles. The number of hydrogen-bond donors (Lipinski definition) is 0. The van der Waals surface area contributed by atoms with E-state index in [1.54, 1.807) is 10.4 Å². The second kappa shape index (κ2) is 4.65. The maximum atomic E-state index is 4.27. The van der Waals surface area contributed by atoms with Gasteiger partial charge < -0.3 is 4.57 Å². The lowest BCUT2D eigenvalue weighted by Gasteiger charge is -2.20. The summed E-state index contributed by atoms with van der Waals surface area (Å²) < 4.78 is 2.17. The average Bonchev–Trinajstić information content (AvgIpc) is 2.89. The Labute approximate surface area is 106 Å².